The number of rotatable bonds is 7. The molecule has 0 spiro atoms. The van der Waals surface area contributed by atoms with Crippen LogP contribution in [0.4, 0.5) is 0 Å². The summed E-state index contributed by atoms with van der Waals surface area (Å²) in [4.78, 5) is 29.7. The van der Waals surface area contributed by atoms with E-state index in [0.29, 0.717) is 25.5 Å². The van der Waals surface area contributed by atoms with E-state index in [1.807, 2.05) is 13.0 Å². The Bertz CT molecular complexity index is 565. The Morgan fingerprint density at radius 2 is 2.33 bits per heavy atom. The molecule has 0 aliphatic carbocycles. The third-order valence-electron chi connectivity index (χ3n) is 3.86. The molecule has 1 aliphatic heterocycles. The van der Waals surface area contributed by atoms with Gasteiger partial charge in [0.25, 0.3) is 5.91 Å². The second-order valence-corrected chi connectivity index (χ2v) is 5.86. The molecule has 2 amide bonds. The van der Waals surface area contributed by atoms with Crippen LogP contribution in [0.3, 0.4) is 0 Å². The molecule has 2 N–H and O–H groups in total. The van der Waals surface area contributed by atoms with Crippen molar-refractivity contribution in [2.45, 2.75) is 45.3 Å². The maximum atomic E-state index is 12.1. The van der Waals surface area contributed by atoms with E-state index in [9.17, 15) is 14.7 Å². The van der Waals surface area contributed by atoms with E-state index >= 15 is 0 Å². The highest BCUT2D eigenvalue weighted by atomic mass is 16.5. The number of aliphatic hydroxyl groups excluding tert-OH is 1. The Kier molecular flexibility index (Phi) is 6.99. The molecule has 0 radical (unpaired) electrons. The minimum Gasteiger partial charge on any atom is -0.477 e. The molecule has 0 saturated carbocycles. The van der Waals surface area contributed by atoms with Crippen LogP contribution in [0.15, 0.2) is 18.3 Å². The lowest BCUT2D eigenvalue weighted by Crippen LogP contribution is -2.44. The van der Waals surface area contributed by atoms with E-state index in [2.05, 4.69) is 10.3 Å². The number of amides is 2. The second kappa shape index (κ2) is 9.22. The van der Waals surface area contributed by atoms with Gasteiger partial charge in [-0.15, -0.1) is 0 Å². The van der Waals surface area contributed by atoms with Crippen LogP contribution in [0.25, 0.3) is 0 Å². The fraction of sp³-hybridized carbons (Fsp3) is 0.588. The number of hydrogen-bond donors (Lipinski definition) is 2. The average Bonchev–Trinajstić information content (AvgIpc) is 2.74. The van der Waals surface area contributed by atoms with E-state index in [-0.39, 0.29) is 24.9 Å². The summed E-state index contributed by atoms with van der Waals surface area (Å²) in [5.74, 6) is -0.111. The standard InChI is InChI=1S/C17H25N3O4/c1-2-10-24-16-13(6-5-8-18-16)11-19-15(22)12-20-9-4-3-7-14(21)17(20)23/h5-6,8,14,21H,2-4,7,9-12H2,1H3,(H,19,22). The Balaban J connectivity index is 1.88. The molecule has 2 heterocycles. The third kappa shape index (κ3) is 5.19. The van der Waals surface area contributed by atoms with Crippen molar-refractivity contribution in [1.82, 2.24) is 15.2 Å². The zero-order chi connectivity index (χ0) is 17.4. The molecular formula is C17H25N3O4. The van der Waals surface area contributed by atoms with E-state index in [1.54, 1.807) is 12.3 Å². The summed E-state index contributed by atoms with van der Waals surface area (Å²) in [6.45, 7) is 3.33. The van der Waals surface area contributed by atoms with Crippen molar-refractivity contribution in [1.29, 1.82) is 0 Å². The number of carbonyl (C=O) groups is 2. The van der Waals surface area contributed by atoms with Crippen molar-refractivity contribution < 1.29 is 19.4 Å². The van der Waals surface area contributed by atoms with Gasteiger partial charge in [-0.25, -0.2) is 4.98 Å². The summed E-state index contributed by atoms with van der Waals surface area (Å²) in [6.07, 6.45) is 3.58. The molecule has 7 nitrogen and oxygen atoms in total. The highest BCUT2D eigenvalue weighted by Gasteiger charge is 2.26. The van der Waals surface area contributed by atoms with E-state index in [4.69, 9.17) is 4.74 Å². The third-order valence-corrected chi connectivity index (χ3v) is 3.86. The fourth-order valence-electron chi connectivity index (χ4n) is 2.55. The van der Waals surface area contributed by atoms with Crippen LogP contribution in [0.5, 0.6) is 5.88 Å². The fourth-order valence-corrected chi connectivity index (χ4v) is 2.55. The summed E-state index contributed by atoms with van der Waals surface area (Å²) in [5, 5.41) is 12.5. The molecule has 1 aromatic heterocycles. The van der Waals surface area contributed by atoms with Gasteiger partial charge in [0, 0.05) is 24.8 Å². The van der Waals surface area contributed by atoms with Crippen molar-refractivity contribution in [3.05, 3.63) is 23.9 Å². The van der Waals surface area contributed by atoms with Crippen molar-refractivity contribution in [2.24, 2.45) is 0 Å². The van der Waals surface area contributed by atoms with Crippen LogP contribution >= 0.6 is 0 Å². The minimum atomic E-state index is -0.993. The Labute approximate surface area is 142 Å². The van der Waals surface area contributed by atoms with Gasteiger partial charge in [0.05, 0.1) is 13.2 Å². The van der Waals surface area contributed by atoms with Crippen molar-refractivity contribution in [3.8, 4) is 5.88 Å². The van der Waals surface area contributed by atoms with E-state index in [1.165, 1.54) is 4.90 Å². The second-order valence-electron chi connectivity index (χ2n) is 5.86. The summed E-state index contributed by atoms with van der Waals surface area (Å²) in [5.41, 5.74) is 0.793. The highest BCUT2D eigenvalue weighted by molar-refractivity contribution is 5.87. The number of carbonyl (C=O) groups excluding carboxylic acids is 2. The highest BCUT2D eigenvalue weighted by Crippen LogP contribution is 2.15. The van der Waals surface area contributed by atoms with Gasteiger partial charge in [0.15, 0.2) is 0 Å². The number of likely N-dealkylation sites (tertiary alicyclic amines) is 1. The first-order chi connectivity index (χ1) is 11.6. The summed E-state index contributed by atoms with van der Waals surface area (Å²) in [6, 6.07) is 3.63. The summed E-state index contributed by atoms with van der Waals surface area (Å²) in [7, 11) is 0. The quantitative estimate of drug-likeness (QED) is 0.771. The molecule has 1 atom stereocenters. The van der Waals surface area contributed by atoms with Crippen LogP contribution in [-0.4, -0.2) is 52.6 Å². The predicted molar refractivity (Wildman–Crippen MR) is 88.3 cm³/mol. The number of aliphatic hydroxyl groups is 1. The smallest absolute Gasteiger partial charge is 0.251 e. The van der Waals surface area contributed by atoms with Gasteiger partial charge in [-0.3, -0.25) is 9.59 Å². The molecule has 0 bridgehead atoms. The molecule has 132 valence electrons. The lowest BCUT2D eigenvalue weighted by molar-refractivity contribution is -0.142. The van der Waals surface area contributed by atoms with Gasteiger partial charge < -0.3 is 20.1 Å². The number of aromatic nitrogens is 1. The SMILES string of the molecule is CCCOc1ncccc1CNC(=O)CN1CCCCC(O)C1=O. The normalized spacial score (nSPS) is 18.2. The number of nitrogens with one attached hydrogen (secondary N) is 1. The van der Waals surface area contributed by atoms with Gasteiger partial charge in [0.1, 0.15) is 6.10 Å². The van der Waals surface area contributed by atoms with Crippen LogP contribution in [0.2, 0.25) is 0 Å². The summed E-state index contributed by atoms with van der Waals surface area (Å²) < 4.78 is 5.56. The zero-order valence-corrected chi connectivity index (χ0v) is 14.0. The monoisotopic (exact) mass is 335 g/mol. The van der Waals surface area contributed by atoms with E-state index < -0.39 is 6.10 Å². The summed E-state index contributed by atoms with van der Waals surface area (Å²) >= 11 is 0. The van der Waals surface area contributed by atoms with Gasteiger partial charge in [0.2, 0.25) is 11.8 Å². The Morgan fingerprint density at radius 3 is 3.12 bits per heavy atom. The largest absolute Gasteiger partial charge is 0.477 e. The van der Waals surface area contributed by atoms with E-state index in [0.717, 1.165) is 24.8 Å². The first-order valence-electron chi connectivity index (χ1n) is 8.42. The van der Waals surface area contributed by atoms with Gasteiger partial charge >= 0.3 is 0 Å². The Morgan fingerprint density at radius 1 is 1.50 bits per heavy atom. The zero-order valence-electron chi connectivity index (χ0n) is 14.0. The number of hydrogen-bond acceptors (Lipinski definition) is 5. The number of nitrogens with zero attached hydrogens (tertiary/aromatic N) is 2. The molecule has 1 fully saturated rings. The lowest BCUT2D eigenvalue weighted by atomic mass is 10.2. The van der Waals surface area contributed by atoms with Gasteiger partial charge in [-0.2, -0.15) is 0 Å². The molecule has 2 rings (SSSR count). The maximum Gasteiger partial charge on any atom is 0.251 e. The van der Waals surface area contributed by atoms with Crippen molar-refractivity contribution in [3.63, 3.8) is 0 Å². The minimum absolute atomic E-state index is 0.0404. The van der Waals surface area contributed by atoms with Crippen molar-refractivity contribution >= 4 is 11.8 Å². The maximum absolute atomic E-state index is 12.1. The number of ether oxygens (including phenoxy) is 1. The molecule has 1 aliphatic rings. The molecule has 7 heteroatoms. The first-order valence-corrected chi connectivity index (χ1v) is 8.42. The molecule has 0 aromatic carbocycles. The molecular weight excluding hydrogens is 310 g/mol. The molecule has 24 heavy (non-hydrogen) atoms. The predicted octanol–water partition coefficient (Wildman–Crippen LogP) is 0.860. The van der Waals surface area contributed by atoms with Gasteiger partial charge in [-0.05, 0) is 31.7 Å². The first kappa shape index (κ1) is 18.2. The molecule has 1 unspecified atom stereocenters. The average molecular weight is 335 g/mol. The van der Waals surface area contributed by atoms with Crippen LogP contribution in [0.1, 0.15) is 38.2 Å². The van der Waals surface area contributed by atoms with Crippen LogP contribution in [0, 0.1) is 0 Å². The molecule has 1 saturated heterocycles. The topological polar surface area (TPSA) is 91.8 Å². The van der Waals surface area contributed by atoms with Gasteiger partial charge in [-0.1, -0.05) is 13.0 Å². The lowest BCUT2D eigenvalue weighted by Gasteiger charge is -2.21. The van der Waals surface area contributed by atoms with Crippen molar-refractivity contribution in [2.75, 3.05) is 19.7 Å². The Hall–Kier alpha value is -2.15. The van der Waals surface area contributed by atoms with Crippen LogP contribution < -0.4 is 10.1 Å². The molecule has 1 aromatic rings. The van der Waals surface area contributed by atoms with Crippen LogP contribution in [-0.2, 0) is 16.1 Å². The number of pyridine rings is 1.